The number of aliphatic hydroxyl groups is 1. The molecule has 1 unspecified atom stereocenters. The van der Waals surface area contributed by atoms with Crippen molar-refractivity contribution < 1.29 is 22.7 Å². The molecular formula is C13H9F4NO. The SMILES string of the molecule is OC(c1ccc(C(F)(F)F)cc1)c1cncc(F)c1. The number of hydrogen-bond donors (Lipinski definition) is 1. The van der Waals surface area contributed by atoms with Crippen LogP contribution in [-0.2, 0) is 6.18 Å². The third-order valence-corrected chi connectivity index (χ3v) is 2.60. The lowest BCUT2D eigenvalue weighted by Gasteiger charge is -2.12. The van der Waals surface area contributed by atoms with Crippen LogP contribution >= 0.6 is 0 Å². The van der Waals surface area contributed by atoms with Crippen molar-refractivity contribution in [2.24, 2.45) is 0 Å². The lowest BCUT2D eigenvalue weighted by atomic mass is 10.0. The van der Waals surface area contributed by atoms with Crippen LogP contribution in [0.25, 0.3) is 0 Å². The summed E-state index contributed by atoms with van der Waals surface area (Å²) in [5.74, 6) is -0.622. The van der Waals surface area contributed by atoms with Crippen LogP contribution in [0.2, 0.25) is 0 Å². The van der Waals surface area contributed by atoms with E-state index in [9.17, 15) is 22.7 Å². The highest BCUT2D eigenvalue weighted by molar-refractivity contribution is 5.31. The maximum atomic E-state index is 12.9. The monoisotopic (exact) mass is 271 g/mol. The van der Waals surface area contributed by atoms with Gasteiger partial charge in [-0.25, -0.2) is 4.39 Å². The average molecular weight is 271 g/mol. The van der Waals surface area contributed by atoms with Crippen LogP contribution in [0.5, 0.6) is 0 Å². The number of hydrogen-bond acceptors (Lipinski definition) is 2. The first-order valence-electron chi connectivity index (χ1n) is 5.33. The normalized spacial score (nSPS) is 13.3. The van der Waals surface area contributed by atoms with E-state index in [0.717, 1.165) is 36.5 Å². The molecule has 0 aliphatic carbocycles. The Morgan fingerprint density at radius 1 is 1.00 bits per heavy atom. The first-order valence-corrected chi connectivity index (χ1v) is 5.33. The highest BCUT2D eigenvalue weighted by Crippen LogP contribution is 2.30. The van der Waals surface area contributed by atoms with Gasteiger partial charge in [0.2, 0.25) is 0 Å². The van der Waals surface area contributed by atoms with Gasteiger partial charge in [0, 0.05) is 11.8 Å². The zero-order valence-corrected chi connectivity index (χ0v) is 9.53. The van der Waals surface area contributed by atoms with Gasteiger partial charge in [0.15, 0.2) is 0 Å². The number of alkyl halides is 3. The molecule has 0 aliphatic rings. The zero-order valence-electron chi connectivity index (χ0n) is 9.53. The summed E-state index contributed by atoms with van der Waals surface area (Å²) in [6, 6.07) is 5.11. The van der Waals surface area contributed by atoms with Gasteiger partial charge in [0.25, 0.3) is 0 Å². The van der Waals surface area contributed by atoms with Gasteiger partial charge in [-0.05, 0) is 23.8 Å². The van der Waals surface area contributed by atoms with Gasteiger partial charge in [-0.15, -0.1) is 0 Å². The number of aromatic nitrogens is 1. The summed E-state index contributed by atoms with van der Waals surface area (Å²) in [5, 5.41) is 9.92. The molecule has 0 saturated heterocycles. The second-order valence-corrected chi connectivity index (χ2v) is 3.96. The second-order valence-electron chi connectivity index (χ2n) is 3.96. The van der Waals surface area contributed by atoms with Crippen LogP contribution in [0.15, 0.2) is 42.7 Å². The minimum Gasteiger partial charge on any atom is -0.384 e. The van der Waals surface area contributed by atoms with Gasteiger partial charge in [-0.3, -0.25) is 4.98 Å². The molecule has 1 N–H and O–H groups in total. The molecule has 19 heavy (non-hydrogen) atoms. The van der Waals surface area contributed by atoms with Crippen molar-refractivity contribution >= 4 is 0 Å². The van der Waals surface area contributed by atoms with Crippen LogP contribution in [-0.4, -0.2) is 10.1 Å². The number of aliphatic hydroxyl groups excluding tert-OH is 1. The number of benzene rings is 1. The fraction of sp³-hybridized carbons (Fsp3) is 0.154. The second kappa shape index (κ2) is 4.97. The lowest BCUT2D eigenvalue weighted by molar-refractivity contribution is -0.137. The molecule has 0 fully saturated rings. The van der Waals surface area contributed by atoms with Crippen molar-refractivity contribution in [1.29, 1.82) is 0 Å². The molecule has 6 heteroatoms. The summed E-state index contributed by atoms with van der Waals surface area (Å²) in [5.41, 5.74) is -0.388. The molecule has 2 nitrogen and oxygen atoms in total. The van der Waals surface area contributed by atoms with Gasteiger partial charge < -0.3 is 5.11 Å². The molecule has 1 atom stereocenters. The Morgan fingerprint density at radius 2 is 1.63 bits per heavy atom. The molecule has 0 aliphatic heterocycles. The van der Waals surface area contributed by atoms with Gasteiger partial charge >= 0.3 is 6.18 Å². The summed E-state index contributed by atoms with van der Waals surface area (Å²) in [4.78, 5) is 3.57. The van der Waals surface area contributed by atoms with Gasteiger partial charge in [0.05, 0.1) is 11.8 Å². The summed E-state index contributed by atoms with van der Waals surface area (Å²) < 4.78 is 50.1. The molecule has 0 spiro atoms. The van der Waals surface area contributed by atoms with Crippen molar-refractivity contribution in [2.75, 3.05) is 0 Å². The first kappa shape index (κ1) is 13.5. The van der Waals surface area contributed by atoms with Gasteiger partial charge in [-0.2, -0.15) is 13.2 Å². The fourth-order valence-electron chi connectivity index (χ4n) is 1.62. The summed E-state index contributed by atoms with van der Waals surface area (Å²) in [6.07, 6.45) is -3.41. The standard InChI is InChI=1S/C13H9F4NO/c14-11-5-9(6-18-7-11)12(19)8-1-3-10(4-2-8)13(15,16)17/h1-7,12,19H. The molecule has 1 heterocycles. The molecule has 100 valence electrons. The van der Waals surface area contributed by atoms with E-state index in [4.69, 9.17) is 0 Å². The van der Waals surface area contributed by atoms with E-state index in [0.29, 0.717) is 0 Å². The highest BCUT2D eigenvalue weighted by Gasteiger charge is 2.30. The van der Waals surface area contributed by atoms with Crippen molar-refractivity contribution in [3.63, 3.8) is 0 Å². The lowest BCUT2D eigenvalue weighted by Crippen LogP contribution is -2.06. The maximum Gasteiger partial charge on any atom is 0.416 e. The molecular weight excluding hydrogens is 262 g/mol. The van der Waals surface area contributed by atoms with Crippen molar-refractivity contribution in [3.05, 3.63) is 65.2 Å². The van der Waals surface area contributed by atoms with Crippen molar-refractivity contribution in [1.82, 2.24) is 4.98 Å². The van der Waals surface area contributed by atoms with E-state index in [-0.39, 0.29) is 11.1 Å². The molecule has 2 rings (SSSR count). The topological polar surface area (TPSA) is 33.1 Å². The molecule has 1 aromatic carbocycles. The van der Waals surface area contributed by atoms with Crippen LogP contribution in [0.3, 0.4) is 0 Å². The summed E-state index contributed by atoms with van der Waals surface area (Å²) in [6.45, 7) is 0. The van der Waals surface area contributed by atoms with Gasteiger partial charge in [-0.1, -0.05) is 12.1 Å². The van der Waals surface area contributed by atoms with E-state index in [1.165, 1.54) is 6.20 Å². The minimum absolute atomic E-state index is 0.180. The van der Waals surface area contributed by atoms with E-state index < -0.39 is 23.7 Å². The Bertz CT molecular complexity index is 566. The Labute approximate surface area is 106 Å². The predicted octanol–water partition coefficient (Wildman–Crippen LogP) is 3.32. The third kappa shape index (κ3) is 3.08. The zero-order chi connectivity index (χ0) is 14.0. The number of nitrogens with zero attached hydrogens (tertiary/aromatic N) is 1. The Kier molecular flexibility index (Phi) is 3.53. The highest BCUT2D eigenvalue weighted by atomic mass is 19.4. The van der Waals surface area contributed by atoms with Crippen molar-refractivity contribution in [2.45, 2.75) is 12.3 Å². The van der Waals surface area contributed by atoms with Crippen molar-refractivity contribution in [3.8, 4) is 0 Å². The van der Waals surface area contributed by atoms with E-state index in [1.807, 2.05) is 0 Å². The van der Waals surface area contributed by atoms with E-state index in [2.05, 4.69) is 4.98 Å². The predicted molar refractivity (Wildman–Crippen MR) is 59.7 cm³/mol. The van der Waals surface area contributed by atoms with Crippen LogP contribution < -0.4 is 0 Å². The van der Waals surface area contributed by atoms with Crippen LogP contribution in [0, 0.1) is 5.82 Å². The van der Waals surface area contributed by atoms with E-state index >= 15 is 0 Å². The summed E-state index contributed by atoms with van der Waals surface area (Å²) >= 11 is 0. The molecule has 0 radical (unpaired) electrons. The largest absolute Gasteiger partial charge is 0.416 e. The maximum absolute atomic E-state index is 12.9. The number of rotatable bonds is 2. The Hall–Kier alpha value is -1.95. The number of pyridine rings is 1. The molecule has 0 saturated carbocycles. The Balaban J connectivity index is 2.27. The van der Waals surface area contributed by atoms with Crippen LogP contribution in [0.4, 0.5) is 17.6 Å². The average Bonchev–Trinajstić information content (AvgIpc) is 2.37. The van der Waals surface area contributed by atoms with Gasteiger partial charge in [0.1, 0.15) is 11.9 Å². The molecule has 0 amide bonds. The Morgan fingerprint density at radius 3 is 2.16 bits per heavy atom. The summed E-state index contributed by atoms with van der Waals surface area (Å²) in [7, 11) is 0. The fourth-order valence-corrected chi connectivity index (χ4v) is 1.62. The molecule has 2 aromatic rings. The third-order valence-electron chi connectivity index (χ3n) is 2.60. The molecule has 0 bridgehead atoms. The quantitative estimate of drug-likeness (QED) is 0.850. The number of halogens is 4. The van der Waals surface area contributed by atoms with E-state index in [1.54, 1.807) is 0 Å². The molecule has 1 aromatic heterocycles. The first-order chi connectivity index (χ1) is 8.88. The minimum atomic E-state index is -4.43. The van der Waals surface area contributed by atoms with Crippen LogP contribution in [0.1, 0.15) is 22.8 Å². The smallest absolute Gasteiger partial charge is 0.384 e.